The molecule has 0 amide bonds. The lowest BCUT2D eigenvalue weighted by molar-refractivity contribution is 0.629. The number of aromatic nitrogens is 2. The van der Waals surface area contributed by atoms with Crippen LogP contribution in [0.4, 0.5) is 4.39 Å². The number of nitrogens with two attached hydrogens (primary N) is 1. The normalized spacial score (nSPS) is 8.85. The van der Waals surface area contributed by atoms with Crippen molar-refractivity contribution < 1.29 is 4.39 Å². The maximum absolute atomic E-state index is 13.7. The molecule has 2 aromatic rings. The predicted molar refractivity (Wildman–Crippen MR) is 72.5 cm³/mol. The van der Waals surface area contributed by atoms with Crippen LogP contribution in [0.1, 0.15) is 5.56 Å². The molecule has 0 bridgehead atoms. The van der Waals surface area contributed by atoms with Gasteiger partial charge in [0.1, 0.15) is 5.82 Å². The van der Waals surface area contributed by atoms with Gasteiger partial charge in [-0.3, -0.25) is 0 Å². The van der Waals surface area contributed by atoms with Crippen LogP contribution in [0.3, 0.4) is 0 Å². The zero-order valence-corrected chi connectivity index (χ0v) is 10.4. The van der Waals surface area contributed by atoms with E-state index in [9.17, 15) is 4.39 Å². The lowest BCUT2D eigenvalue weighted by atomic mass is 10.1. The molecule has 1 aromatic heterocycles. The zero-order chi connectivity index (χ0) is 15.4. The van der Waals surface area contributed by atoms with E-state index in [1.165, 1.54) is 12.3 Å². The van der Waals surface area contributed by atoms with E-state index >= 15 is 0 Å². The number of hydrogen-bond donors (Lipinski definition) is 1. The Balaban J connectivity index is 0.000000829. The molecule has 100 valence electrons. The van der Waals surface area contributed by atoms with Crippen LogP contribution in [-0.2, 0) is 0 Å². The summed E-state index contributed by atoms with van der Waals surface area (Å²) in [5.74, 6) is 4.94. The second-order valence-electron chi connectivity index (χ2n) is 3.09. The van der Waals surface area contributed by atoms with Crippen LogP contribution in [0.5, 0.6) is 0 Å². The molecule has 2 N–H and O–H groups in total. The third-order valence-electron chi connectivity index (χ3n) is 2.02. The number of nitriles is 2. The van der Waals surface area contributed by atoms with Gasteiger partial charge in [-0.25, -0.2) is 24.9 Å². The van der Waals surface area contributed by atoms with E-state index < -0.39 is 5.82 Å². The predicted octanol–water partition coefficient (Wildman–Crippen LogP) is 1.85. The lowest BCUT2D eigenvalue weighted by Gasteiger charge is -2.01. The highest BCUT2D eigenvalue weighted by molar-refractivity contribution is 5.80. The van der Waals surface area contributed by atoms with Crippen molar-refractivity contribution in [3.05, 3.63) is 48.0 Å². The Labute approximate surface area is 115 Å². The van der Waals surface area contributed by atoms with Gasteiger partial charge in [0.05, 0.1) is 11.8 Å². The van der Waals surface area contributed by atoms with E-state index in [0.717, 1.165) is 0 Å². The molecular formula is C13H11FN6. The first-order valence-corrected chi connectivity index (χ1v) is 5.13. The Kier molecular flexibility index (Phi) is 8.08. The summed E-state index contributed by atoms with van der Waals surface area (Å²) in [6.07, 6.45) is 4.51. The summed E-state index contributed by atoms with van der Waals surface area (Å²) in [5, 5.41) is 16.3. The Morgan fingerprint density at radius 1 is 1.15 bits per heavy atom. The van der Waals surface area contributed by atoms with Crippen LogP contribution in [-0.4, -0.2) is 16.2 Å². The van der Waals surface area contributed by atoms with E-state index in [4.69, 9.17) is 16.4 Å². The van der Waals surface area contributed by atoms with Crippen molar-refractivity contribution in [2.75, 3.05) is 0 Å². The molecule has 7 heteroatoms. The fourth-order valence-corrected chi connectivity index (χ4v) is 1.32. The molecule has 0 saturated heterocycles. The minimum atomic E-state index is -0.399. The van der Waals surface area contributed by atoms with Gasteiger partial charge in [0.15, 0.2) is 5.82 Å². The number of hydrazone groups is 1. The van der Waals surface area contributed by atoms with Crippen molar-refractivity contribution in [2.24, 2.45) is 10.9 Å². The quantitative estimate of drug-likeness (QED) is 0.508. The summed E-state index contributed by atoms with van der Waals surface area (Å²) in [7, 11) is 0. The number of nitrogens with zero attached hydrogens (tertiary/aromatic N) is 5. The van der Waals surface area contributed by atoms with Gasteiger partial charge in [0.2, 0.25) is 0 Å². The van der Waals surface area contributed by atoms with Crippen LogP contribution in [0.25, 0.3) is 11.4 Å². The molecule has 0 unspecified atom stereocenters. The van der Waals surface area contributed by atoms with Gasteiger partial charge in [-0.2, -0.15) is 5.10 Å². The average Bonchev–Trinajstić information content (AvgIpc) is 2.53. The molecule has 2 rings (SSSR count). The molecule has 0 aliphatic rings. The van der Waals surface area contributed by atoms with Gasteiger partial charge >= 0.3 is 0 Å². The highest BCUT2D eigenvalue weighted by Crippen LogP contribution is 2.18. The highest BCUT2D eigenvalue weighted by atomic mass is 19.1. The maximum atomic E-state index is 13.7. The molecular weight excluding hydrogens is 259 g/mol. The van der Waals surface area contributed by atoms with Crippen molar-refractivity contribution in [3.63, 3.8) is 0 Å². The molecule has 0 spiro atoms. The van der Waals surface area contributed by atoms with Crippen LogP contribution < -0.4 is 5.84 Å². The van der Waals surface area contributed by atoms with Gasteiger partial charge in [0, 0.05) is 25.5 Å². The molecule has 0 aliphatic carbocycles. The van der Waals surface area contributed by atoms with E-state index in [1.807, 2.05) is 0 Å². The Morgan fingerprint density at radius 2 is 1.75 bits per heavy atom. The van der Waals surface area contributed by atoms with Crippen molar-refractivity contribution in [1.29, 1.82) is 10.5 Å². The largest absolute Gasteiger partial charge is 0.323 e. The Morgan fingerprint density at radius 3 is 2.25 bits per heavy atom. The standard InChI is InChI=1S/C11H9FN4.2CHN/c12-10-6-8(7-16-13)2-3-9(10)11-14-4-1-5-15-11;2*1-2/h1-7H,13H2;2*1H. The van der Waals surface area contributed by atoms with E-state index in [-0.39, 0.29) is 0 Å². The third kappa shape index (κ3) is 4.51. The summed E-state index contributed by atoms with van der Waals surface area (Å²) >= 11 is 0. The lowest BCUT2D eigenvalue weighted by Crippen LogP contribution is -1.93. The first kappa shape index (κ1) is 16.7. The SMILES string of the molecule is C#N.C#N.NN=Cc1ccc(-c2ncccn2)c(F)c1. The van der Waals surface area contributed by atoms with Crippen molar-refractivity contribution in [1.82, 2.24) is 9.97 Å². The molecule has 6 nitrogen and oxygen atoms in total. The molecule has 1 heterocycles. The van der Waals surface area contributed by atoms with Crippen molar-refractivity contribution in [3.8, 4) is 24.5 Å². The number of hydrogen-bond acceptors (Lipinski definition) is 6. The van der Waals surface area contributed by atoms with Crippen LogP contribution in [0.2, 0.25) is 0 Å². The Bertz CT molecular complexity index is 586. The van der Waals surface area contributed by atoms with Gasteiger partial charge in [0.25, 0.3) is 0 Å². The third-order valence-corrected chi connectivity index (χ3v) is 2.02. The second kappa shape index (κ2) is 9.68. The number of rotatable bonds is 2. The highest BCUT2D eigenvalue weighted by Gasteiger charge is 2.07. The molecule has 20 heavy (non-hydrogen) atoms. The second-order valence-corrected chi connectivity index (χ2v) is 3.09. The minimum absolute atomic E-state index is 0.356. The molecule has 0 aliphatic heterocycles. The first-order valence-electron chi connectivity index (χ1n) is 5.13. The van der Waals surface area contributed by atoms with Gasteiger partial charge < -0.3 is 5.84 Å². The van der Waals surface area contributed by atoms with E-state index in [1.54, 1.807) is 30.6 Å². The van der Waals surface area contributed by atoms with Crippen molar-refractivity contribution >= 4 is 6.21 Å². The van der Waals surface area contributed by atoms with Gasteiger partial charge in [-0.05, 0) is 23.8 Å². The first-order chi connectivity index (χ1) is 9.81. The zero-order valence-electron chi connectivity index (χ0n) is 10.4. The number of halogens is 1. The van der Waals surface area contributed by atoms with Gasteiger partial charge in [-0.1, -0.05) is 6.07 Å². The Hall–Kier alpha value is -3.32. The summed E-state index contributed by atoms with van der Waals surface area (Å²) in [5.41, 5.74) is 0.953. The van der Waals surface area contributed by atoms with Crippen molar-refractivity contribution in [2.45, 2.75) is 0 Å². The summed E-state index contributed by atoms with van der Waals surface area (Å²) in [6.45, 7) is 7.00. The van der Waals surface area contributed by atoms with Gasteiger partial charge in [-0.15, -0.1) is 0 Å². The van der Waals surface area contributed by atoms with E-state index in [2.05, 4.69) is 28.2 Å². The van der Waals surface area contributed by atoms with Crippen LogP contribution >= 0.6 is 0 Å². The van der Waals surface area contributed by atoms with Crippen LogP contribution in [0.15, 0.2) is 41.8 Å². The molecule has 0 fully saturated rings. The molecule has 0 saturated carbocycles. The fraction of sp³-hybridized carbons (Fsp3) is 0. The van der Waals surface area contributed by atoms with E-state index in [0.29, 0.717) is 17.0 Å². The minimum Gasteiger partial charge on any atom is -0.323 e. The average molecular weight is 270 g/mol. The topological polar surface area (TPSA) is 112 Å². The summed E-state index contributed by atoms with van der Waals surface area (Å²) < 4.78 is 13.7. The van der Waals surface area contributed by atoms with Crippen LogP contribution in [0, 0.1) is 29.5 Å². The monoisotopic (exact) mass is 270 g/mol. The smallest absolute Gasteiger partial charge is 0.162 e. The number of benzene rings is 1. The molecule has 1 aromatic carbocycles. The fourth-order valence-electron chi connectivity index (χ4n) is 1.32. The molecule has 0 atom stereocenters. The maximum Gasteiger partial charge on any atom is 0.162 e. The summed E-state index contributed by atoms with van der Waals surface area (Å²) in [6, 6.07) is 6.31. The molecule has 0 radical (unpaired) electrons. The summed E-state index contributed by atoms with van der Waals surface area (Å²) in [4.78, 5) is 7.95.